The molecule has 0 saturated heterocycles. The van der Waals surface area contributed by atoms with Gasteiger partial charge in [0.05, 0.1) is 17.3 Å². The van der Waals surface area contributed by atoms with Crippen LogP contribution in [0.25, 0.3) is 0 Å². The Hall–Kier alpha value is -2.61. The summed E-state index contributed by atoms with van der Waals surface area (Å²) in [6, 6.07) is 6.81. The fraction of sp³-hybridized carbons (Fsp3) is 0.312. The Morgan fingerprint density at radius 2 is 1.90 bits per heavy atom. The van der Waals surface area contributed by atoms with Gasteiger partial charge in [-0.25, -0.2) is 0 Å². The number of benzene rings is 1. The zero-order valence-electron chi connectivity index (χ0n) is 12.7. The molecule has 21 heavy (non-hydrogen) atoms. The molecule has 0 unspecified atom stereocenters. The molecule has 1 aromatic rings. The number of carbonyl (C=O) groups is 2. The van der Waals surface area contributed by atoms with Crippen molar-refractivity contribution in [3.63, 3.8) is 0 Å². The van der Waals surface area contributed by atoms with Gasteiger partial charge in [-0.05, 0) is 36.6 Å². The highest BCUT2D eigenvalue weighted by atomic mass is 16.2. The van der Waals surface area contributed by atoms with Crippen LogP contribution in [-0.4, -0.2) is 18.7 Å². The Balaban J connectivity index is 3.38. The quantitative estimate of drug-likeness (QED) is 0.649. The van der Waals surface area contributed by atoms with Crippen LogP contribution in [0.15, 0.2) is 29.5 Å². The number of Topliss-reactive ketones (excluding diaryl/α,β-unsaturated/α-hetero) is 1. The second kappa shape index (κ2) is 6.71. The van der Waals surface area contributed by atoms with E-state index in [9.17, 15) is 9.59 Å². The first kappa shape index (κ1) is 16.4. The highest BCUT2D eigenvalue weighted by Crippen LogP contribution is 2.18. The molecule has 0 heterocycles. The van der Waals surface area contributed by atoms with Crippen molar-refractivity contribution in [2.75, 3.05) is 7.05 Å². The Kier molecular flexibility index (Phi) is 5.25. The summed E-state index contributed by atoms with van der Waals surface area (Å²) >= 11 is 0. The van der Waals surface area contributed by atoms with E-state index >= 15 is 0 Å². The van der Waals surface area contributed by atoms with Crippen LogP contribution in [0.1, 0.15) is 35.3 Å². The maximum Gasteiger partial charge on any atom is 0.249 e. The molecule has 0 radical (unpaired) electrons. The van der Waals surface area contributed by atoms with Crippen LogP contribution in [0.3, 0.4) is 0 Å². The summed E-state index contributed by atoms with van der Waals surface area (Å²) < 4.78 is 0. The molecule has 0 saturated carbocycles. The minimum atomic E-state index is -0.442. The van der Waals surface area contributed by atoms with E-state index in [0.29, 0.717) is 11.1 Å². The topological polar surface area (TPSA) is 96.0 Å². The second-order valence-electron chi connectivity index (χ2n) is 5.09. The standard InChI is InChI=1S/C16H19N3O2/c1-9(2)13(16(21)19-4)14(18)15(20)12-6-10(3)5-11(7-12)8-17/h5-7,9H,18H2,1-4H3,(H,19,21)/b14-13-. The van der Waals surface area contributed by atoms with Gasteiger partial charge in [-0.1, -0.05) is 13.8 Å². The van der Waals surface area contributed by atoms with E-state index < -0.39 is 5.78 Å². The van der Waals surface area contributed by atoms with Crippen molar-refractivity contribution in [2.24, 2.45) is 11.7 Å². The fourth-order valence-corrected chi connectivity index (χ4v) is 2.09. The maximum atomic E-state index is 12.5. The van der Waals surface area contributed by atoms with Gasteiger partial charge in [-0.15, -0.1) is 0 Å². The lowest BCUT2D eigenvalue weighted by Crippen LogP contribution is -2.28. The molecule has 1 rings (SSSR count). The van der Waals surface area contributed by atoms with E-state index in [-0.39, 0.29) is 23.1 Å². The number of nitriles is 1. The first-order valence-corrected chi connectivity index (χ1v) is 6.60. The largest absolute Gasteiger partial charge is 0.395 e. The predicted molar refractivity (Wildman–Crippen MR) is 80.3 cm³/mol. The molecule has 0 aliphatic heterocycles. The summed E-state index contributed by atoms with van der Waals surface area (Å²) in [6.07, 6.45) is 0. The number of allylic oxidation sites excluding steroid dienone is 1. The molecule has 0 aliphatic rings. The van der Waals surface area contributed by atoms with Crippen LogP contribution in [-0.2, 0) is 4.79 Å². The lowest BCUT2D eigenvalue weighted by molar-refractivity contribution is -0.117. The van der Waals surface area contributed by atoms with Crippen molar-refractivity contribution >= 4 is 11.7 Å². The van der Waals surface area contributed by atoms with Crippen molar-refractivity contribution in [1.82, 2.24) is 5.32 Å². The maximum absolute atomic E-state index is 12.5. The van der Waals surface area contributed by atoms with Crippen LogP contribution in [0.5, 0.6) is 0 Å². The first-order valence-electron chi connectivity index (χ1n) is 6.60. The summed E-state index contributed by atoms with van der Waals surface area (Å²) in [6.45, 7) is 5.38. The zero-order valence-corrected chi connectivity index (χ0v) is 12.7. The Bertz CT molecular complexity index is 652. The van der Waals surface area contributed by atoms with Crippen LogP contribution in [0, 0.1) is 24.2 Å². The van der Waals surface area contributed by atoms with Crippen molar-refractivity contribution in [2.45, 2.75) is 20.8 Å². The molecule has 0 aromatic heterocycles. The molecule has 110 valence electrons. The second-order valence-corrected chi connectivity index (χ2v) is 5.09. The average Bonchev–Trinajstić information content (AvgIpc) is 2.44. The zero-order chi connectivity index (χ0) is 16.2. The third-order valence-corrected chi connectivity index (χ3v) is 3.05. The van der Waals surface area contributed by atoms with Crippen molar-refractivity contribution in [1.29, 1.82) is 5.26 Å². The highest BCUT2D eigenvalue weighted by molar-refractivity contribution is 6.13. The number of hydrogen-bond donors (Lipinski definition) is 2. The van der Waals surface area contributed by atoms with E-state index in [0.717, 1.165) is 5.56 Å². The fourth-order valence-electron chi connectivity index (χ4n) is 2.09. The highest BCUT2D eigenvalue weighted by Gasteiger charge is 2.22. The Labute approximate surface area is 124 Å². The van der Waals surface area contributed by atoms with Crippen LogP contribution >= 0.6 is 0 Å². The number of nitrogens with two attached hydrogens (primary N) is 1. The predicted octanol–water partition coefficient (Wildman–Crippen LogP) is 1.66. The van der Waals surface area contributed by atoms with Gasteiger partial charge in [0, 0.05) is 18.2 Å². The molecule has 0 atom stereocenters. The van der Waals surface area contributed by atoms with Gasteiger partial charge in [0.1, 0.15) is 0 Å². The number of hydrogen-bond acceptors (Lipinski definition) is 4. The van der Waals surface area contributed by atoms with Gasteiger partial charge in [-0.3, -0.25) is 9.59 Å². The molecule has 5 nitrogen and oxygen atoms in total. The summed E-state index contributed by atoms with van der Waals surface area (Å²) in [5, 5.41) is 11.4. The van der Waals surface area contributed by atoms with Crippen LogP contribution in [0.2, 0.25) is 0 Å². The molecular formula is C16H19N3O2. The molecule has 0 spiro atoms. The van der Waals surface area contributed by atoms with E-state index in [2.05, 4.69) is 5.32 Å². The molecule has 1 amide bonds. The monoisotopic (exact) mass is 285 g/mol. The molecule has 3 N–H and O–H groups in total. The van der Waals surface area contributed by atoms with E-state index in [1.54, 1.807) is 32.9 Å². The number of amides is 1. The minimum Gasteiger partial charge on any atom is -0.395 e. The van der Waals surface area contributed by atoms with Crippen molar-refractivity contribution < 1.29 is 9.59 Å². The van der Waals surface area contributed by atoms with Gasteiger partial charge in [0.25, 0.3) is 0 Å². The SMILES string of the molecule is CNC(=O)/C(=C(\N)C(=O)c1cc(C)cc(C#N)c1)C(C)C. The number of ketones is 1. The third-order valence-electron chi connectivity index (χ3n) is 3.05. The van der Waals surface area contributed by atoms with E-state index in [4.69, 9.17) is 11.0 Å². The molecule has 0 fully saturated rings. The number of aryl methyl sites for hydroxylation is 1. The van der Waals surface area contributed by atoms with Gasteiger partial charge in [0.15, 0.2) is 0 Å². The number of nitrogens with one attached hydrogen (secondary N) is 1. The third kappa shape index (κ3) is 3.69. The van der Waals surface area contributed by atoms with E-state index in [1.165, 1.54) is 13.1 Å². The summed E-state index contributed by atoms with van der Waals surface area (Å²) in [4.78, 5) is 24.3. The molecule has 5 heteroatoms. The van der Waals surface area contributed by atoms with Crippen LogP contribution < -0.4 is 11.1 Å². The van der Waals surface area contributed by atoms with E-state index in [1.807, 2.05) is 6.07 Å². The lowest BCUT2D eigenvalue weighted by atomic mass is 9.95. The number of nitrogens with zero attached hydrogens (tertiary/aromatic N) is 1. The normalized spacial score (nSPS) is 11.6. The van der Waals surface area contributed by atoms with Crippen molar-refractivity contribution in [3.05, 3.63) is 46.2 Å². The lowest BCUT2D eigenvalue weighted by Gasteiger charge is -2.13. The summed E-state index contributed by atoms with van der Waals surface area (Å²) in [5.41, 5.74) is 7.55. The number of likely N-dealkylation sites (N-methyl/N-ethyl adjacent to an activating group) is 1. The Morgan fingerprint density at radius 3 is 2.38 bits per heavy atom. The summed E-state index contributed by atoms with van der Waals surface area (Å²) in [5.74, 6) is -0.999. The molecular weight excluding hydrogens is 266 g/mol. The van der Waals surface area contributed by atoms with Gasteiger partial charge in [-0.2, -0.15) is 5.26 Å². The summed E-state index contributed by atoms with van der Waals surface area (Å²) in [7, 11) is 1.49. The molecule has 0 bridgehead atoms. The number of rotatable bonds is 4. The minimum absolute atomic E-state index is 0.0844. The number of carbonyl (C=O) groups excluding carboxylic acids is 2. The van der Waals surface area contributed by atoms with Crippen molar-refractivity contribution in [3.8, 4) is 6.07 Å². The van der Waals surface area contributed by atoms with Gasteiger partial charge < -0.3 is 11.1 Å². The van der Waals surface area contributed by atoms with Gasteiger partial charge in [0.2, 0.25) is 11.7 Å². The average molecular weight is 285 g/mol. The Morgan fingerprint density at radius 1 is 1.29 bits per heavy atom. The molecule has 0 aliphatic carbocycles. The molecule has 1 aromatic carbocycles. The van der Waals surface area contributed by atoms with Gasteiger partial charge >= 0.3 is 0 Å². The smallest absolute Gasteiger partial charge is 0.249 e. The first-order chi connectivity index (χ1) is 9.81. The van der Waals surface area contributed by atoms with Crippen LogP contribution in [0.4, 0.5) is 0 Å².